The highest BCUT2D eigenvalue weighted by Gasteiger charge is 2.29. The van der Waals surface area contributed by atoms with Gasteiger partial charge < -0.3 is 15.7 Å². The van der Waals surface area contributed by atoms with Crippen molar-refractivity contribution in [2.75, 3.05) is 0 Å². The molecule has 3 atom stereocenters. The average molecular weight is 318 g/mol. The van der Waals surface area contributed by atoms with Gasteiger partial charge in [0, 0.05) is 18.0 Å². The zero-order valence-corrected chi connectivity index (χ0v) is 13.8. The molecule has 2 rings (SSSR count). The SMILES string of the molecule is CC(C)NC(=O)C1CCCC(NC(=O)C(O)c2ccccc2)C1. The van der Waals surface area contributed by atoms with Gasteiger partial charge in [0.2, 0.25) is 5.91 Å². The monoisotopic (exact) mass is 318 g/mol. The van der Waals surface area contributed by atoms with E-state index in [1.165, 1.54) is 0 Å². The van der Waals surface area contributed by atoms with Gasteiger partial charge in [-0.25, -0.2) is 0 Å². The number of aliphatic hydroxyl groups is 1. The van der Waals surface area contributed by atoms with Crippen molar-refractivity contribution in [3.8, 4) is 0 Å². The molecular formula is C18H26N2O3. The van der Waals surface area contributed by atoms with E-state index in [9.17, 15) is 14.7 Å². The summed E-state index contributed by atoms with van der Waals surface area (Å²) in [6, 6.07) is 8.94. The van der Waals surface area contributed by atoms with Crippen molar-refractivity contribution in [2.45, 2.75) is 57.7 Å². The van der Waals surface area contributed by atoms with Crippen LogP contribution in [0.3, 0.4) is 0 Å². The van der Waals surface area contributed by atoms with E-state index in [0.29, 0.717) is 12.0 Å². The highest BCUT2D eigenvalue weighted by Crippen LogP contribution is 2.25. The number of hydrogen-bond acceptors (Lipinski definition) is 3. The van der Waals surface area contributed by atoms with Gasteiger partial charge in [0.25, 0.3) is 5.91 Å². The quantitative estimate of drug-likeness (QED) is 0.776. The van der Waals surface area contributed by atoms with Gasteiger partial charge >= 0.3 is 0 Å². The Labute approximate surface area is 137 Å². The van der Waals surface area contributed by atoms with E-state index in [1.807, 2.05) is 19.9 Å². The normalized spacial score (nSPS) is 22.4. The second kappa shape index (κ2) is 8.11. The first-order valence-electron chi connectivity index (χ1n) is 8.31. The van der Waals surface area contributed by atoms with Crippen LogP contribution in [0.15, 0.2) is 30.3 Å². The Bertz CT molecular complexity index is 530. The number of aliphatic hydroxyl groups excluding tert-OH is 1. The minimum Gasteiger partial charge on any atom is -0.378 e. The molecule has 0 saturated heterocycles. The number of nitrogens with one attached hydrogen (secondary N) is 2. The number of amides is 2. The Balaban J connectivity index is 1.89. The Kier molecular flexibility index (Phi) is 6.16. The largest absolute Gasteiger partial charge is 0.378 e. The van der Waals surface area contributed by atoms with Crippen molar-refractivity contribution < 1.29 is 14.7 Å². The van der Waals surface area contributed by atoms with E-state index in [0.717, 1.165) is 19.3 Å². The van der Waals surface area contributed by atoms with Crippen LogP contribution in [0.2, 0.25) is 0 Å². The summed E-state index contributed by atoms with van der Waals surface area (Å²) in [5.41, 5.74) is 0.579. The molecule has 2 amide bonds. The second-order valence-electron chi connectivity index (χ2n) is 6.55. The van der Waals surface area contributed by atoms with Gasteiger partial charge in [-0.1, -0.05) is 36.8 Å². The third kappa shape index (κ3) is 5.06. The van der Waals surface area contributed by atoms with Crippen molar-refractivity contribution in [2.24, 2.45) is 5.92 Å². The lowest BCUT2D eigenvalue weighted by atomic mass is 9.85. The molecule has 0 radical (unpaired) electrons. The standard InChI is InChI=1S/C18H26N2O3/c1-12(2)19-17(22)14-9-6-10-15(11-14)20-18(23)16(21)13-7-4-3-5-8-13/h3-5,7-8,12,14-16,21H,6,9-11H2,1-2H3,(H,19,22)(H,20,23). The summed E-state index contributed by atoms with van der Waals surface area (Å²) in [5.74, 6) is -0.404. The van der Waals surface area contributed by atoms with Crippen molar-refractivity contribution >= 4 is 11.8 Å². The maximum atomic E-state index is 12.2. The molecule has 3 N–H and O–H groups in total. The van der Waals surface area contributed by atoms with Crippen LogP contribution in [0.4, 0.5) is 0 Å². The first-order chi connectivity index (χ1) is 11.0. The lowest BCUT2D eigenvalue weighted by Gasteiger charge is -2.30. The molecule has 126 valence electrons. The highest BCUT2D eigenvalue weighted by atomic mass is 16.3. The topological polar surface area (TPSA) is 78.4 Å². The van der Waals surface area contributed by atoms with Crippen LogP contribution in [0, 0.1) is 5.92 Å². The van der Waals surface area contributed by atoms with Crippen LogP contribution in [-0.2, 0) is 9.59 Å². The van der Waals surface area contributed by atoms with Crippen LogP contribution < -0.4 is 10.6 Å². The maximum Gasteiger partial charge on any atom is 0.253 e. The summed E-state index contributed by atoms with van der Waals surface area (Å²) in [7, 11) is 0. The molecule has 1 aliphatic rings. The van der Waals surface area contributed by atoms with Gasteiger partial charge in [-0.15, -0.1) is 0 Å². The summed E-state index contributed by atoms with van der Waals surface area (Å²) in [6.07, 6.45) is 2.07. The number of benzene rings is 1. The van der Waals surface area contributed by atoms with Crippen LogP contribution in [0.5, 0.6) is 0 Å². The van der Waals surface area contributed by atoms with Gasteiger partial charge in [0.1, 0.15) is 0 Å². The number of rotatable bonds is 5. The first kappa shape index (κ1) is 17.5. The van der Waals surface area contributed by atoms with Crippen molar-refractivity contribution in [1.29, 1.82) is 0 Å². The summed E-state index contributed by atoms with van der Waals surface area (Å²) < 4.78 is 0. The summed E-state index contributed by atoms with van der Waals surface area (Å²) in [4.78, 5) is 24.3. The van der Waals surface area contributed by atoms with E-state index < -0.39 is 12.0 Å². The zero-order valence-electron chi connectivity index (χ0n) is 13.8. The molecule has 1 aromatic carbocycles. The molecule has 3 unspecified atom stereocenters. The third-order valence-corrected chi connectivity index (χ3v) is 4.19. The van der Waals surface area contributed by atoms with Gasteiger partial charge in [-0.3, -0.25) is 9.59 Å². The lowest BCUT2D eigenvalue weighted by Crippen LogP contribution is -2.44. The Hall–Kier alpha value is -1.88. The summed E-state index contributed by atoms with van der Waals surface area (Å²) >= 11 is 0. The molecule has 0 heterocycles. The van der Waals surface area contributed by atoms with E-state index in [4.69, 9.17) is 0 Å². The fourth-order valence-electron chi connectivity index (χ4n) is 3.03. The number of carbonyl (C=O) groups is 2. The van der Waals surface area contributed by atoms with Crippen molar-refractivity contribution in [1.82, 2.24) is 10.6 Å². The second-order valence-corrected chi connectivity index (χ2v) is 6.55. The molecule has 0 aliphatic heterocycles. The average Bonchev–Trinajstić information content (AvgIpc) is 2.54. The molecular weight excluding hydrogens is 292 g/mol. The molecule has 1 aromatic rings. The van der Waals surface area contributed by atoms with Crippen LogP contribution in [-0.4, -0.2) is 29.0 Å². The summed E-state index contributed by atoms with van der Waals surface area (Å²) in [5, 5.41) is 15.9. The van der Waals surface area contributed by atoms with Crippen LogP contribution >= 0.6 is 0 Å². The van der Waals surface area contributed by atoms with E-state index in [1.54, 1.807) is 24.3 Å². The molecule has 23 heavy (non-hydrogen) atoms. The minimum atomic E-state index is -1.17. The number of hydrogen-bond donors (Lipinski definition) is 3. The van der Waals surface area contributed by atoms with Gasteiger partial charge in [0.15, 0.2) is 6.10 Å². The molecule has 0 aromatic heterocycles. The van der Waals surface area contributed by atoms with Gasteiger partial charge in [-0.05, 0) is 38.7 Å². The molecule has 1 fully saturated rings. The van der Waals surface area contributed by atoms with Crippen LogP contribution in [0.1, 0.15) is 51.2 Å². The highest BCUT2D eigenvalue weighted by molar-refractivity contribution is 5.82. The van der Waals surface area contributed by atoms with Gasteiger partial charge in [-0.2, -0.15) is 0 Å². The Morgan fingerprint density at radius 1 is 1.17 bits per heavy atom. The lowest BCUT2D eigenvalue weighted by molar-refractivity contribution is -0.132. The first-order valence-corrected chi connectivity index (χ1v) is 8.31. The smallest absolute Gasteiger partial charge is 0.253 e. The Morgan fingerprint density at radius 2 is 1.87 bits per heavy atom. The van der Waals surface area contributed by atoms with Crippen LogP contribution in [0.25, 0.3) is 0 Å². The third-order valence-electron chi connectivity index (χ3n) is 4.19. The molecule has 1 saturated carbocycles. The zero-order chi connectivity index (χ0) is 16.8. The Morgan fingerprint density at radius 3 is 2.52 bits per heavy atom. The van der Waals surface area contributed by atoms with E-state index in [2.05, 4.69) is 10.6 Å². The maximum absolute atomic E-state index is 12.2. The molecule has 0 bridgehead atoms. The molecule has 5 nitrogen and oxygen atoms in total. The van der Waals surface area contributed by atoms with E-state index in [-0.39, 0.29) is 23.9 Å². The fourth-order valence-corrected chi connectivity index (χ4v) is 3.03. The van der Waals surface area contributed by atoms with Crippen molar-refractivity contribution in [3.05, 3.63) is 35.9 Å². The molecule has 1 aliphatic carbocycles. The molecule has 5 heteroatoms. The number of carbonyl (C=O) groups excluding carboxylic acids is 2. The predicted molar refractivity (Wildman–Crippen MR) is 88.6 cm³/mol. The minimum absolute atomic E-state index is 0.0578. The fraction of sp³-hybridized carbons (Fsp3) is 0.556. The van der Waals surface area contributed by atoms with Gasteiger partial charge in [0.05, 0.1) is 0 Å². The van der Waals surface area contributed by atoms with E-state index >= 15 is 0 Å². The predicted octanol–water partition coefficient (Wildman–Crippen LogP) is 1.92. The van der Waals surface area contributed by atoms with Crippen molar-refractivity contribution in [3.63, 3.8) is 0 Å². The molecule has 0 spiro atoms. The summed E-state index contributed by atoms with van der Waals surface area (Å²) in [6.45, 7) is 3.88.